The molecule has 3 N–H and O–H groups in total. The van der Waals surface area contributed by atoms with Crippen LogP contribution in [0.2, 0.25) is 0 Å². The van der Waals surface area contributed by atoms with Crippen LogP contribution in [0.3, 0.4) is 0 Å². The molecule has 31 heavy (non-hydrogen) atoms. The van der Waals surface area contributed by atoms with E-state index in [0.29, 0.717) is 41.2 Å². The summed E-state index contributed by atoms with van der Waals surface area (Å²) < 4.78 is 21.5. The first-order valence-electron chi connectivity index (χ1n) is 9.82. The van der Waals surface area contributed by atoms with E-state index in [0.717, 1.165) is 19.2 Å². The number of nitrogens with zero attached hydrogens (tertiary/aromatic N) is 5. The fourth-order valence-corrected chi connectivity index (χ4v) is 3.94. The first kappa shape index (κ1) is 20.5. The number of nitrogens with one attached hydrogen (secondary N) is 1. The highest BCUT2D eigenvalue weighted by atomic mass is 19.1. The number of rotatable bonds is 4. The fourth-order valence-electron chi connectivity index (χ4n) is 3.94. The smallest absolute Gasteiger partial charge is 0.409 e. The summed E-state index contributed by atoms with van der Waals surface area (Å²) in [5.41, 5.74) is 7.94. The number of halogens is 1. The van der Waals surface area contributed by atoms with E-state index in [4.69, 9.17) is 15.9 Å². The minimum Gasteiger partial charge on any atom is -0.453 e. The molecule has 1 aliphatic heterocycles. The predicted molar refractivity (Wildman–Crippen MR) is 115 cm³/mol. The number of hydrogen-bond donors (Lipinski definition) is 2. The number of imidazole rings is 1. The van der Waals surface area contributed by atoms with Crippen molar-refractivity contribution in [2.24, 2.45) is 10.7 Å². The van der Waals surface area contributed by atoms with Gasteiger partial charge in [0.15, 0.2) is 5.84 Å². The maximum atomic E-state index is 14.7. The first-order chi connectivity index (χ1) is 15.0. The van der Waals surface area contributed by atoms with Crippen molar-refractivity contribution in [2.75, 3.05) is 20.2 Å². The molecular formula is C21H22FN7O2. The fraction of sp³-hybridized carbons (Fsp3) is 0.286. The second-order valence-electron chi connectivity index (χ2n) is 7.20. The number of likely N-dealkylation sites (tertiary alicyclic amines) is 1. The highest BCUT2D eigenvalue weighted by Gasteiger charge is 2.29. The Morgan fingerprint density at radius 1 is 1.42 bits per heavy atom. The lowest BCUT2D eigenvalue weighted by molar-refractivity contribution is 0.104. The molecule has 0 spiro atoms. The number of piperidine rings is 1. The molecule has 1 amide bonds. The second kappa shape index (κ2) is 8.50. The number of hydrogen-bond acceptors (Lipinski definition) is 5. The summed E-state index contributed by atoms with van der Waals surface area (Å²) in [6.45, 7) is 0.998. The van der Waals surface area contributed by atoms with Crippen molar-refractivity contribution in [3.8, 4) is 11.4 Å². The molecule has 10 heteroatoms. The molecule has 1 atom stereocenters. The zero-order chi connectivity index (χ0) is 22.0. The summed E-state index contributed by atoms with van der Waals surface area (Å²) in [6, 6.07) is 8.02. The topological polar surface area (TPSA) is 122 Å². The van der Waals surface area contributed by atoms with Gasteiger partial charge in [-0.3, -0.25) is 10.4 Å². The first-order valence-corrected chi connectivity index (χ1v) is 9.82. The van der Waals surface area contributed by atoms with Crippen molar-refractivity contribution < 1.29 is 13.9 Å². The molecule has 0 saturated carbocycles. The number of carbonyl (C=O) groups excluding carboxylic acids is 1. The van der Waals surface area contributed by atoms with Crippen LogP contribution in [0.15, 0.2) is 41.5 Å². The van der Waals surface area contributed by atoms with E-state index in [9.17, 15) is 9.18 Å². The highest BCUT2D eigenvalue weighted by molar-refractivity contribution is 6.01. The van der Waals surface area contributed by atoms with E-state index in [-0.39, 0.29) is 11.9 Å². The zero-order valence-electron chi connectivity index (χ0n) is 17.0. The van der Waals surface area contributed by atoms with Crippen LogP contribution in [0.5, 0.6) is 0 Å². The SMILES string of the molecule is COC(=O)N1CCC[C@@H](n2c(-c3ccccc3F)nc3cnc(C(N)=NC=N)cc32)C1. The van der Waals surface area contributed by atoms with Crippen molar-refractivity contribution in [1.82, 2.24) is 19.4 Å². The Morgan fingerprint density at radius 2 is 2.23 bits per heavy atom. The third-order valence-electron chi connectivity index (χ3n) is 5.35. The minimum atomic E-state index is -0.397. The van der Waals surface area contributed by atoms with Crippen LogP contribution >= 0.6 is 0 Å². The van der Waals surface area contributed by atoms with Gasteiger partial charge in [-0.15, -0.1) is 0 Å². The van der Waals surface area contributed by atoms with Gasteiger partial charge in [0.1, 0.15) is 29.2 Å². The maximum absolute atomic E-state index is 14.7. The van der Waals surface area contributed by atoms with Crippen molar-refractivity contribution in [3.05, 3.63) is 48.0 Å². The van der Waals surface area contributed by atoms with Gasteiger partial charge in [-0.25, -0.2) is 19.2 Å². The number of amides is 1. The van der Waals surface area contributed by atoms with E-state index < -0.39 is 11.9 Å². The third-order valence-corrected chi connectivity index (χ3v) is 5.35. The quantitative estimate of drug-likeness (QED) is 0.493. The number of methoxy groups -OCH3 is 1. The van der Waals surface area contributed by atoms with Gasteiger partial charge in [-0.2, -0.15) is 0 Å². The lowest BCUT2D eigenvalue weighted by atomic mass is 10.0. The third kappa shape index (κ3) is 3.83. The van der Waals surface area contributed by atoms with Gasteiger partial charge < -0.3 is 19.9 Å². The van der Waals surface area contributed by atoms with Crippen molar-refractivity contribution in [3.63, 3.8) is 0 Å². The molecule has 0 bridgehead atoms. The van der Waals surface area contributed by atoms with Gasteiger partial charge in [0.05, 0.1) is 30.4 Å². The molecule has 4 rings (SSSR count). The number of carbonyl (C=O) groups is 1. The molecule has 0 unspecified atom stereocenters. The van der Waals surface area contributed by atoms with Crippen LogP contribution in [-0.4, -0.2) is 57.9 Å². The summed E-state index contributed by atoms with van der Waals surface area (Å²) in [5.74, 6) is 0.154. The molecule has 160 valence electrons. The van der Waals surface area contributed by atoms with Crippen LogP contribution in [0.1, 0.15) is 24.6 Å². The number of fused-ring (bicyclic) bond motifs is 1. The van der Waals surface area contributed by atoms with Crippen LogP contribution in [0.4, 0.5) is 9.18 Å². The standard InChI is InChI=1S/C21H22FN7O2/c1-31-21(30)28-8-4-5-13(11-28)29-18-9-16(19(24)26-12-23)25-10-17(18)27-20(29)14-6-2-3-7-15(14)22/h2-3,6-7,9-10,12-13H,4-5,8,11H2,1H3,(H3,23,24,26)/t13-/m1/s1. The monoisotopic (exact) mass is 423 g/mol. The number of amidine groups is 1. The predicted octanol–water partition coefficient (Wildman–Crippen LogP) is 2.95. The van der Waals surface area contributed by atoms with Gasteiger partial charge in [0, 0.05) is 13.1 Å². The number of benzene rings is 1. The van der Waals surface area contributed by atoms with Crippen molar-refractivity contribution >= 4 is 29.3 Å². The van der Waals surface area contributed by atoms with E-state index in [2.05, 4.69) is 15.0 Å². The lowest BCUT2D eigenvalue weighted by Crippen LogP contribution is -2.40. The van der Waals surface area contributed by atoms with E-state index in [1.807, 2.05) is 4.57 Å². The van der Waals surface area contributed by atoms with Crippen LogP contribution in [0.25, 0.3) is 22.4 Å². The number of ether oxygens (including phenoxy) is 1. The Morgan fingerprint density at radius 3 is 2.97 bits per heavy atom. The van der Waals surface area contributed by atoms with Gasteiger partial charge in [0.25, 0.3) is 0 Å². The largest absolute Gasteiger partial charge is 0.453 e. The van der Waals surface area contributed by atoms with Crippen LogP contribution < -0.4 is 5.73 Å². The minimum absolute atomic E-state index is 0.0944. The summed E-state index contributed by atoms with van der Waals surface area (Å²) in [7, 11) is 1.35. The molecule has 1 aromatic carbocycles. The van der Waals surface area contributed by atoms with E-state index >= 15 is 0 Å². The number of nitrogens with two attached hydrogens (primary N) is 1. The molecule has 0 aliphatic carbocycles. The summed E-state index contributed by atoms with van der Waals surface area (Å²) >= 11 is 0. The molecule has 3 aromatic rings. The van der Waals surface area contributed by atoms with Crippen LogP contribution in [0, 0.1) is 11.2 Å². The maximum Gasteiger partial charge on any atom is 0.409 e. The van der Waals surface area contributed by atoms with Crippen molar-refractivity contribution in [1.29, 1.82) is 5.41 Å². The van der Waals surface area contributed by atoms with Crippen LogP contribution in [-0.2, 0) is 4.74 Å². The second-order valence-corrected chi connectivity index (χ2v) is 7.20. The van der Waals surface area contributed by atoms with Gasteiger partial charge in [-0.1, -0.05) is 12.1 Å². The number of aliphatic imine (C=N–C) groups is 1. The number of aromatic nitrogens is 3. The van der Waals surface area contributed by atoms with Gasteiger partial charge in [-0.05, 0) is 31.0 Å². The Labute approximate surface area is 177 Å². The number of pyridine rings is 1. The molecule has 3 heterocycles. The molecule has 1 aliphatic rings. The summed E-state index contributed by atoms with van der Waals surface area (Å²) in [4.78, 5) is 26.5. The Hall–Kier alpha value is -3.82. The molecule has 9 nitrogen and oxygen atoms in total. The Kier molecular flexibility index (Phi) is 5.61. The zero-order valence-corrected chi connectivity index (χ0v) is 17.0. The van der Waals surface area contributed by atoms with Gasteiger partial charge in [0.2, 0.25) is 0 Å². The summed E-state index contributed by atoms with van der Waals surface area (Å²) in [6.07, 6.45) is 3.55. The molecule has 0 radical (unpaired) electrons. The molecule has 1 saturated heterocycles. The van der Waals surface area contributed by atoms with E-state index in [1.54, 1.807) is 35.4 Å². The average Bonchev–Trinajstić information content (AvgIpc) is 3.17. The average molecular weight is 423 g/mol. The summed E-state index contributed by atoms with van der Waals surface area (Å²) in [5, 5.41) is 7.14. The Bertz CT molecular complexity index is 1170. The highest BCUT2D eigenvalue weighted by Crippen LogP contribution is 2.34. The normalized spacial score (nSPS) is 17.0. The Balaban J connectivity index is 1.90. The van der Waals surface area contributed by atoms with E-state index in [1.165, 1.54) is 13.2 Å². The molecular weight excluding hydrogens is 401 g/mol. The lowest BCUT2D eigenvalue weighted by Gasteiger charge is -2.33. The van der Waals surface area contributed by atoms with Gasteiger partial charge >= 0.3 is 6.09 Å². The molecule has 1 fully saturated rings. The molecule has 2 aromatic heterocycles. The van der Waals surface area contributed by atoms with Crippen molar-refractivity contribution in [2.45, 2.75) is 18.9 Å².